The first-order valence-electron chi connectivity index (χ1n) is 3.74. The van der Waals surface area contributed by atoms with Crippen molar-refractivity contribution in [1.29, 1.82) is 5.26 Å². The quantitative estimate of drug-likeness (QED) is 0.877. The van der Waals surface area contributed by atoms with Crippen LogP contribution in [-0.2, 0) is 10.8 Å². The van der Waals surface area contributed by atoms with Crippen molar-refractivity contribution in [2.24, 2.45) is 0 Å². The Kier molecular flexibility index (Phi) is 4.32. The van der Waals surface area contributed by atoms with Crippen molar-refractivity contribution in [2.45, 2.75) is 0 Å². The smallest absolute Gasteiger partial charge is 0.162 e. The fraction of sp³-hybridized carbons (Fsp3) is 0.429. The molecule has 0 amide bonds. The Balaban J connectivity index is 2.59. The summed E-state index contributed by atoms with van der Waals surface area (Å²) in [6.07, 6.45) is 1.63. The van der Waals surface area contributed by atoms with Crippen LogP contribution < -0.4 is 5.32 Å². The van der Waals surface area contributed by atoms with Gasteiger partial charge in [0.2, 0.25) is 0 Å². The molecule has 0 radical (unpaired) electrons. The van der Waals surface area contributed by atoms with Crippen LogP contribution in [0.3, 0.4) is 0 Å². The molecule has 1 rings (SSSR count). The van der Waals surface area contributed by atoms with Crippen LogP contribution in [0, 0.1) is 11.3 Å². The zero-order valence-electron chi connectivity index (χ0n) is 7.41. The number of aromatic nitrogens is 1. The number of hydrogen-bond donors (Lipinski definition) is 1. The third-order valence-electron chi connectivity index (χ3n) is 1.44. The maximum atomic E-state index is 10.8. The van der Waals surface area contributed by atoms with Gasteiger partial charge in [0.05, 0.1) is 0 Å². The van der Waals surface area contributed by atoms with Crippen molar-refractivity contribution in [2.75, 3.05) is 23.9 Å². The van der Waals surface area contributed by atoms with Crippen molar-refractivity contribution >= 4 is 38.9 Å². The number of rotatable bonds is 4. The molecule has 0 saturated heterocycles. The molecule has 0 saturated carbocycles. The SMILES string of the molecule is CS(=O)CCNc1snc(Cl)c1C#N. The summed E-state index contributed by atoms with van der Waals surface area (Å²) in [5.41, 5.74) is 0.360. The number of halogens is 1. The molecule has 0 aliphatic heterocycles. The first-order chi connectivity index (χ1) is 6.65. The average Bonchev–Trinajstić information content (AvgIpc) is 2.46. The Morgan fingerprint density at radius 3 is 3.07 bits per heavy atom. The lowest BCUT2D eigenvalue weighted by atomic mass is 10.4. The second-order valence-electron chi connectivity index (χ2n) is 2.49. The van der Waals surface area contributed by atoms with E-state index in [9.17, 15) is 4.21 Å². The number of nitrogens with zero attached hydrogens (tertiary/aromatic N) is 2. The highest BCUT2D eigenvalue weighted by Gasteiger charge is 2.10. The largest absolute Gasteiger partial charge is 0.374 e. The number of anilines is 1. The van der Waals surface area contributed by atoms with Crippen LogP contribution in [0.1, 0.15) is 5.56 Å². The molecule has 14 heavy (non-hydrogen) atoms. The molecule has 76 valence electrons. The van der Waals surface area contributed by atoms with E-state index in [1.54, 1.807) is 6.26 Å². The lowest BCUT2D eigenvalue weighted by Crippen LogP contribution is -2.09. The number of nitriles is 1. The van der Waals surface area contributed by atoms with E-state index >= 15 is 0 Å². The predicted molar refractivity (Wildman–Crippen MR) is 59.3 cm³/mol. The van der Waals surface area contributed by atoms with Gasteiger partial charge >= 0.3 is 0 Å². The molecule has 0 aliphatic rings. The summed E-state index contributed by atoms with van der Waals surface area (Å²) in [6.45, 7) is 0.552. The van der Waals surface area contributed by atoms with Gasteiger partial charge in [-0.2, -0.15) is 9.64 Å². The third-order valence-corrected chi connectivity index (χ3v) is 3.39. The summed E-state index contributed by atoms with van der Waals surface area (Å²) in [5.74, 6) is 0.542. The fourth-order valence-electron chi connectivity index (χ4n) is 0.797. The molecular formula is C7H8ClN3OS2. The van der Waals surface area contributed by atoms with Crippen LogP contribution in [0.25, 0.3) is 0 Å². The lowest BCUT2D eigenvalue weighted by molar-refractivity contribution is 0.687. The minimum absolute atomic E-state index is 0.220. The molecule has 1 aromatic rings. The summed E-state index contributed by atoms with van der Waals surface area (Å²) < 4.78 is 14.6. The van der Waals surface area contributed by atoms with Gasteiger partial charge in [-0.3, -0.25) is 4.21 Å². The second kappa shape index (κ2) is 5.29. The predicted octanol–water partition coefficient (Wildman–Crippen LogP) is 1.46. The van der Waals surface area contributed by atoms with E-state index in [1.165, 1.54) is 0 Å². The molecule has 4 nitrogen and oxygen atoms in total. The van der Waals surface area contributed by atoms with E-state index in [2.05, 4.69) is 9.69 Å². The number of hydrogen-bond acceptors (Lipinski definition) is 5. The highest BCUT2D eigenvalue weighted by Crippen LogP contribution is 2.26. The normalized spacial score (nSPS) is 12.1. The van der Waals surface area contributed by atoms with Gasteiger partial charge < -0.3 is 5.32 Å². The third kappa shape index (κ3) is 2.94. The molecule has 0 aliphatic carbocycles. The summed E-state index contributed by atoms with van der Waals surface area (Å²) in [7, 11) is -0.835. The highest BCUT2D eigenvalue weighted by atomic mass is 35.5. The van der Waals surface area contributed by atoms with Crippen molar-refractivity contribution in [1.82, 2.24) is 4.37 Å². The minimum Gasteiger partial charge on any atom is -0.374 e. The molecule has 7 heteroatoms. The van der Waals surface area contributed by atoms with E-state index in [-0.39, 0.29) is 5.15 Å². The number of nitrogens with one attached hydrogen (secondary N) is 1. The standard InChI is InChI=1S/C7H8ClN3OS2/c1-14(12)3-2-10-7-5(4-9)6(8)11-13-7/h10H,2-3H2,1H3. The summed E-state index contributed by atoms with van der Waals surface area (Å²) in [5, 5.41) is 12.6. The summed E-state index contributed by atoms with van der Waals surface area (Å²) in [4.78, 5) is 0. The molecule has 0 spiro atoms. The first-order valence-corrected chi connectivity index (χ1v) is 6.62. The zero-order valence-corrected chi connectivity index (χ0v) is 9.80. The molecule has 1 N–H and O–H groups in total. The molecule has 1 atom stereocenters. The minimum atomic E-state index is -0.835. The van der Waals surface area contributed by atoms with Crippen LogP contribution >= 0.6 is 23.1 Å². The summed E-state index contributed by atoms with van der Waals surface area (Å²) in [6, 6.07) is 1.96. The van der Waals surface area contributed by atoms with Crippen LogP contribution in [0.2, 0.25) is 5.15 Å². The Morgan fingerprint density at radius 2 is 2.50 bits per heavy atom. The van der Waals surface area contributed by atoms with E-state index in [0.29, 0.717) is 22.9 Å². The van der Waals surface area contributed by atoms with Crippen molar-refractivity contribution < 1.29 is 4.21 Å². The molecule has 1 heterocycles. The molecule has 0 aromatic carbocycles. The Bertz CT molecular complexity index is 385. The molecule has 0 bridgehead atoms. The lowest BCUT2D eigenvalue weighted by Gasteiger charge is -2.00. The molecular weight excluding hydrogens is 242 g/mol. The monoisotopic (exact) mass is 249 g/mol. The van der Waals surface area contributed by atoms with Gasteiger partial charge in [-0.15, -0.1) is 0 Å². The maximum absolute atomic E-state index is 10.8. The fourth-order valence-corrected chi connectivity index (χ4v) is 2.15. The van der Waals surface area contributed by atoms with Crippen LogP contribution in [-0.4, -0.2) is 27.1 Å². The van der Waals surface area contributed by atoms with Gasteiger partial charge in [-0.05, 0) is 11.5 Å². The van der Waals surface area contributed by atoms with E-state index < -0.39 is 10.8 Å². The van der Waals surface area contributed by atoms with Gasteiger partial charge in [0.25, 0.3) is 0 Å². The van der Waals surface area contributed by atoms with Gasteiger partial charge in [0.15, 0.2) is 5.15 Å². The summed E-state index contributed by atoms with van der Waals surface area (Å²) >= 11 is 6.80. The second-order valence-corrected chi connectivity index (χ2v) is 5.18. The van der Waals surface area contributed by atoms with Crippen molar-refractivity contribution in [3.05, 3.63) is 10.7 Å². The molecule has 1 unspecified atom stereocenters. The van der Waals surface area contributed by atoms with Crippen LogP contribution in [0.5, 0.6) is 0 Å². The zero-order chi connectivity index (χ0) is 10.6. The van der Waals surface area contributed by atoms with E-state index in [1.807, 2.05) is 6.07 Å². The first kappa shape index (κ1) is 11.4. The van der Waals surface area contributed by atoms with E-state index in [4.69, 9.17) is 16.9 Å². The highest BCUT2D eigenvalue weighted by molar-refractivity contribution is 7.84. The van der Waals surface area contributed by atoms with Crippen LogP contribution in [0.4, 0.5) is 5.00 Å². The molecule has 0 fully saturated rings. The van der Waals surface area contributed by atoms with Crippen LogP contribution in [0.15, 0.2) is 0 Å². The Morgan fingerprint density at radius 1 is 1.79 bits per heavy atom. The van der Waals surface area contributed by atoms with E-state index in [0.717, 1.165) is 11.5 Å². The topological polar surface area (TPSA) is 65.8 Å². The molecule has 1 aromatic heterocycles. The van der Waals surface area contributed by atoms with Gasteiger partial charge in [0, 0.05) is 29.4 Å². The average molecular weight is 250 g/mol. The Labute approximate surface area is 93.5 Å². The maximum Gasteiger partial charge on any atom is 0.162 e. The van der Waals surface area contributed by atoms with Gasteiger partial charge in [0.1, 0.15) is 16.6 Å². The Hall–Kier alpha value is -0.640. The van der Waals surface area contributed by atoms with Gasteiger partial charge in [-0.25, -0.2) is 0 Å². The van der Waals surface area contributed by atoms with Crippen molar-refractivity contribution in [3.8, 4) is 6.07 Å². The van der Waals surface area contributed by atoms with Crippen molar-refractivity contribution in [3.63, 3.8) is 0 Å². The van der Waals surface area contributed by atoms with Gasteiger partial charge in [-0.1, -0.05) is 11.6 Å².